The maximum atomic E-state index is 5.55. The molecule has 84 valence electrons. The van der Waals surface area contributed by atoms with Crippen molar-refractivity contribution in [2.45, 2.75) is 26.3 Å². The molecule has 0 aliphatic carbocycles. The Morgan fingerprint density at radius 2 is 2.21 bits per heavy atom. The molecular formula is C11H25N3. The number of hydrogen-bond donors (Lipinski definition) is 1. The van der Waals surface area contributed by atoms with Gasteiger partial charge in [-0.25, -0.2) is 0 Å². The maximum absolute atomic E-state index is 5.55. The zero-order valence-corrected chi connectivity index (χ0v) is 9.87. The molecule has 0 saturated carbocycles. The third kappa shape index (κ3) is 3.56. The Labute approximate surface area is 88.2 Å². The monoisotopic (exact) mass is 199 g/mol. The van der Waals surface area contributed by atoms with E-state index in [9.17, 15) is 0 Å². The van der Waals surface area contributed by atoms with Gasteiger partial charge in [0.15, 0.2) is 0 Å². The minimum absolute atomic E-state index is 0.665. The van der Waals surface area contributed by atoms with Crippen molar-refractivity contribution in [3.63, 3.8) is 0 Å². The van der Waals surface area contributed by atoms with Gasteiger partial charge in [-0.15, -0.1) is 0 Å². The Kier molecular flexibility index (Phi) is 4.85. The molecule has 14 heavy (non-hydrogen) atoms. The van der Waals surface area contributed by atoms with Crippen LogP contribution in [-0.2, 0) is 0 Å². The van der Waals surface area contributed by atoms with Gasteiger partial charge in [0, 0.05) is 32.2 Å². The van der Waals surface area contributed by atoms with Gasteiger partial charge in [0.2, 0.25) is 0 Å². The van der Waals surface area contributed by atoms with E-state index in [0.29, 0.717) is 6.04 Å². The first-order valence-electron chi connectivity index (χ1n) is 5.76. The van der Waals surface area contributed by atoms with E-state index in [1.54, 1.807) is 0 Å². The van der Waals surface area contributed by atoms with Crippen molar-refractivity contribution < 1.29 is 0 Å². The standard InChI is InChI=1S/C11H25N3/c1-10(2)13(3)8-11-4-6-14(9-11)7-5-12/h10-11H,4-9,12H2,1-3H3. The Morgan fingerprint density at radius 3 is 2.79 bits per heavy atom. The van der Waals surface area contributed by atoms with Gasteiger partial charge in [-0.1, -0.05) is 0 Å². The van der Waals surface area contributed by atoms with E-state index in [0.717, 1.165) is 19.0 Å². The number of nitrogens with two attached hydrogens (primary N) is 1. The van der Waals surface area contributed by atoms with Crippen LogP contribution in [0.15, 0.2) is 0 Å². The first-order chi connectivity index (χ1) is 6.63. The molecule has 1 aliphatic heterocycles. The highest BCUT2D eigenvalue weighted by Crippen LogP contribution is 2.17. The fourth-order valence-electron chi connectivity index (χ4n) is 2.07. The fourth-order valence-corrected chi connectivity index (χ4v) is 2.07. The number of likely N-dealkylation sites (tertiary alicyclic amines) is 1. The predicted molar refractivity (Wildman–Crippen MR) is 61.4 cm³/mol. The van der Waals surface area contributed by atoms with E-state index in [4.69, 9.17) is 5.73 Å². The van der Waals surface area contributed by atoms with Crippen molar-refractivity contribution in [3.8, 4) is 0 Å². The summed E-state index contributed by atoms with van der Waals surface area (Å²) < 4.78 is 0. The summed E-state index contributed by atoms with van der Waals surface area (Å²) in [6, 6.07) is 0.665. The molecule has 0 bridgehead atoms. The van der Waals surface area contributed by atoms with E-state index < -0.39 is 0 Å². The first-order valence-corrected chi connectivity index (χ1v) is 5.76. The summed E-state index contributed by atoms with van der Waals surface area (Å²) in [5.74, 6) is 0.856. The average molecular weight is 199 g/mol. The molecule has 1 rings (SSSR count). The van der Waals surface area contributed by atoms with Crippen LogP contribution in [0.1, 0.15) is 20.3 Å². The third-order valence-corrected chi connectivity index (χ3v) is 3.24. The van der Waals surface area contributed by atoms with Crippen LogP contribution in [0.25, 0.3) is 0 Å². The molecule has 0 aromatic rings. The maximum Gasteiger partial charge on any atom is 0.0105 e. The molecule has 1 atom stereocenters. The van der Waals surface area contributed by atoms with Gasteiger partial charge in [-0.05, 0) is 39.8 Å². The van der Waals surface area contributed by atoms with Crippen LogP contribution in [0.2, 0.25) is 0 Å². The minimum Gasteiger partial charge on any atom is -0.329 e. The molecule has 3 nitrogen and oxygen atoms in total. The Hall–Kier alpha value is -0.120. The molecule has 1 unspecified atom stereocenters. The van der Waals surface area contributed by atoms with Crippen LogP contribution in [-0.4, -0.2) is 55.6 Å². The second kappa shape index (κ2) is 5.69. The molecule has 0 aromatic heterocycles. The van der Waals surface area contributed by atoms with E-state index >= 15 is 0 Å². The van der Waals surface area contributed by atoms with Crippen LogP contribution < -0.4 is 5.73 Å². The van der Waals surface area contributed by atoms with Crippen LogP contribution in [0.3, 0.4) is 0 Å². The average Bonchev–Trinajstić information content (AvgIpc) is 2.53. The smallest absolute Gasteiger partial charge is 0.0105 e. The van der Waals surface area contributed by atoms with Gasteiger partial charge in [-0.2, -0.15) is 0 Å². The second-order valence-corrected chi connectivity index (χ2v) is 4.78. The highest BCUT2D eigenvalue weighted by molar-refractivity contribution is 4.78. The predicted octanol–water partition coefficient (Wildman–Crippen LogP) is 0.607. The van der Waals surface area contributed by atoms with Crippen molar-refractivity contribution >= 4 is 0 Å². The molecule has 0 radical (unpaired) electrons. The van der Waals surface area contributed by atoms with E-state index in [1.165, 1.54) is 26.1 Å². The quantitative estimate of drug-likeness (QED) is 0.704. The lowest BCUT2D eigenvalue weighted by atomic mass is 10.1. The third-order valence-electron chi connectivity index (χ3n) is 3.24. The van der Waals surface area contributed by atoms with Crippen molar-refractivity contribution in [2.75, 3.05) is 39.8 Å². The second-order valence-electron chi connectivity index (χ2n) is 4.78. The van der Waals surface area contributed by atoms with Crippen molar-refractivity contribution in [1.29, 1.82) is 0 Å². The summed E-state index contributed by atoms with van der Waals surface area (Å²) in [4.78, 5) is 4.93. The minimum atomic E-state index is 0.665. The van der Waals surface area contributed by atoms with Gasteiger partial charge >= 0.3 is 0 Å². The molecule has 1 aliphatic rings. The van der Waals surface area contributed by atoms with Gasteiger partial charge in [0.1, 0.15) is 0 Å². The summed E-state index contributed by atoms with van der Waals surface area (Å²) in [5.41, 5.74) is 5.55. The van der Waals surface area contributed by atoms with Crippen LogP contribution in [0, 0.1) is 5.92 Å². The van der Waals surface area contributed by atoms with Crippen molar-refractivity contribution in [1.82, 2.24) is 9.80 Å². The molecule has 3 heteroatoms. The number of rotatable bonds is 5. The van der Waals surface area contributed by atoms with Gasteiger partial charge in [0.05, 0.1) is 0 Å². The summed E-state index contributed by atoms with van der Waals surface area (Å²) in [7, 11) is 2.22. The Balaban J connectivity index is 2.21. The number of nitrogens with zero attached hydrogens (tertiary/aromatic N) is 2. The van der Waals surface area contributed by atoms with Gasteiger partial charge in [0.25, 0.3) is 0 Å². The van der Waals surface area contributed by atoms with Crippen LogP contribution in [0.4, 0.5) is 0 Å². The highest BCUT2D eigenvalue weighted by atomic mass is 15.2. The van der Waals surface area contributed by atoms with E-state index in [2.05, 4.69) is 30.7 Å². The van der Waals surface area contributed by atoms with Gasteiger partial charge in [-0.3, -0.25) is 0 Å². The van der Waals surface area contributed by atoms with Crippen LogP contribution >= 0.6 is 0 Å². The Morgan fingerprint density at radius 1 is 1.50 bits per heavy atom. The zero-order valence-electron chi connectivity index (χ0n) is 9.87. The molecule has 1 heterocycles. The topological polar surface area (TPSA) is 32.5 Å². The van der Waals surface area contributed by atoms with E-state index in [-0.39, 0.29) is 0 Å². The summed E-state index contributed by atoms with van der Waals surface area (Å²) in [5, 5.41) is 0. The molecule has 0 spiro atoms. The van der Waals surface area contributed by atoms with E-state index in [1.807, 2.05) is 0 Å². The SMILES string of the molecule is CC(C)N(C)CC1CCN(CCN)C1. The van der Waals surface area contributed by atoms with Crippen LogP contribution in [0.5, 0.6) is 0 Å². The molecular weight excluding hydrogens is 174 g/mol. The molecule has 0 amide bonds. The van der Waals surface area contributed by atoms with Crippen molar-refractivity contribution in [3.05, 3.63) is 0 Å². The largest absolute Gasteiger partial charge is 0.329 e. The highest BCUT2D eigenvalue weighted by Gasteiger charge is 2.23. The zero-order chi connectivity index (χ0) is 10.6. The molecule has 2 N–H and O–H groups in total. The summed E-state index contributed by atoms with van der Waals surface area (Å²) >= 11 is 0. The van der Waals surface area contributed by atoms with Gasteiger partial charge < -0.3 is 15.5 Å². The summed E-state index contributed by atoms with van der Waals surface area (Å²) in [6.45, 7) is 10.1. The molecule has 1 fully saturated rings. The molecule has 1 saturated heterocycles. The lowest BCUT2D eigenvalue weighted by Crippen LogP contribution is -2.33. The summed E-state index contributed by atoms with van der Waals surface area (Å²) in [6.07, 6.45) is 1.34. The molecule has 0 aromatic carbocycles. The lowest BCUT2D eigenvalue weighted by Gasteiger charge is -2.24. The first kappa shape index (κ1) is 12.0. The normalized spacial score (nSPS) is 24.0. The Bertz CT molecular complexity index is 159. The van der Waals surface area contributed by atoms with Crippen molar-refractivity contribution in [2.24, 2.45) is 11.7 Å². The number of hydrogen-bond acceptors (Lipinski definition) is 3. The lowest BCUT2D eigenvalue weighted by molar-refractivity contribution is 0.226. The fraction of sp³-hybridized carbons (Fsp3) is 1.00.